The van der Waals surface area contributed by atoms with Gasteiger partial charge in [0.15, 0.2) is 5.96 Å². The molecule has 1 fully saturated rings. The minimum Gasteiger partial charge on any atom is -0.370 e. The van der Waals surface area contributed by atoms with Crippen molar-refractivity contribution in [2.24, 2.45) is 16.6 Å². The summed E-state index contributed by atoms with van der Waals surface area (Å²) in [5.74, 6) is 2.13. The Labute approximate surface area is 118 Å². The van der Waals surface area contributed by atoms with Crippen molar-refractivity contribution in [2.45, 2.75) is 32.7 Å². The normalized spacial score (nSPS) is 16.4. The molecule has 1 aromatic heterocycles. The lowest BCUT2D eigenvalue weighted by atomic mass is 9.85. The second kappa shape index (κ2) is 5.53. The lowest BCUT2D eigenvalue weighted by molar-refractivity contribution is 0.315. The summed E-state index contributed by atoms with van der Waals surface area (Å²) in [6.07, 6.45) is 3.97. The van der Waals surface area contributed by atoms with E-state index in [-0.39, 0.29) is 0 Å². The van der Waals surface area contributed by atoms with Gasteiger partial charge < -0.3 is 16.0 Å². The van der Waals surface area contributed by atoms with Crippen LogP contribution in [-0.4, -0.2) is 22.5 Å². The number of aliphatic imine (C=N–C) groups is 1. The molecule has 0 amide bonds. The summed E-state index contributed by atoms with van der Waals surface area (Å²) >= 11 is 0. The molecule has 1 aliphatic rings. The van der Waals surface area contributed by atoms with Crippen molar-refractivity contribution in [2.75, 3.05) is 6.54 Å². The molecule has 5 heteroatoms. The van der Waals surface area contributed by atoms with E-state index in [1.807, 2.05) is 12.1 Å². The fraction of sp³-hybridized carbons (Fsp3) is 0.467. The van der Waals surface area contributed by atoms with Crippen LogP contribution in [0.4, 0.5) is 0 Å². The molecule has 20 heavy (non-hydrogen) atoms. The van der Waals surface area contributed by atoms with E-state index in [0.29, 0.717) is 12.5 Å². The topological polar surface area (TPSA) is 79.1 Å². The molecular formula is C15H21N5. The van der Waals surface area contributed by atoms with Crippen LogP contribution >= 0.6 is 0 Å². The number of nitrogens with one attached hydrogen (secondary N) is 2. The number of nitrogens with two attached hydrogens (primary N) is 1. The highest BCUT2D eigenvalue weighted by atomic mass is 15.1. The van der Waals surface area contributed by atoms with Gasteiger partial charge in [-0.25, -0.2) is 9.98 Å². The van der Waals surface area contributed by atoms with Crippen LogP contribution in [0.3, 0.4) is 0 Å². The van der Waals surface area contributed by atoms with Crippen molar-refractivity contribution < 1.29 is 0 Å². The maximum absolute atomic E-state index is 5.87. The minimum absolute atomic E-state index is 0.484. The van der Waals surface area contributed by atoms with E-state index in [2.05, 4.69) is 33.3 Å². The van der Waals surface area contributed by atoms with Crippen molar-refractivity contribution >= 4 is 17.0 Å². The van der Waals surface area contributed by atoms with Gasteiger partial charge in [0.1, 0.15) is 12.4 Å². The van der Waals surface area contributed by atoms with Crippen molar-refractivity contribution in [1.29, 1.82) is 0 Å². The molecule has 0 bridgehead atoms. The lowest BCUT2D eigenvalue weighted by Gasteiger charge is -2.25. The predicted octanol–water partition coefficient (Wildman–Crippen LogP) is 2.08. The molecule has 1 saturated carbocycles. The average molecular weight is 271 g/mol. The molecule has 0 atom stereocenters. The quantitative estimate of drug-likeness (QED) is 0.588. The highest BCUT2D eigenvalue weighted by Gasteiger charge is 2.16. The van der Waals surface area contributed by atoms with Crippen molar-refractivity contribution in [1.82, 2.24) is 15.3 Å². The first-order chi connectivity index (χ1) is 9.72. The minimum atomic E-state index is 0.484. The fourth-order valence-electron chi connectivity index (χ4n) is 2.46. The van der Waals surface area contributed by atoms with Gasteiger partial charge >= 0.3 is 0 Å². The number of aromatic amines is 1. The molecule has 0 saturated heterocycles. The highest BCUT2D eigenvalue weighted by Crippen LogP contribution is 2.25. The summed E-state index contributed by atoms with van der Waals surface area (Å²) in [6.45, 7) is 3.48. The molecule has 3 rings (SSSR count). The number of aromatic nitrogens is 2. The zero-order valence-corrected chi connectivity index (χ0v) is 11.8. The molecule has 5 nitrogen and oxygen atoms in total. The van der Waals surface area contributed by atoms with Gasteiger partial charge in [-0.15, -0.1) is 0 Å². The third kappa shape index (κ3) is 2.76. The Morgan fingerprint density at radius 2 is 2.35 bits per heavy atom. The first-order valence-corrected chi connectivity index (χ1v) is 7.20. The smallest absolute Gasteiger partial charge is 0.189 e. The van der Waals surface area contributed by atoms with E-state index in [9.17, 15) is 0 Å². The van der Waals surface area contributed by atoms with Crippen LogP contribution in [-0.2, 0) is 6.54 Å². The van der Waals surface area contributed by atoms with E-state index in [1.54, 1.807) is 0 Å². The van der Waals surface area contributed by atoms with Gasteiger partial charge in [-0.3, -0.25) is 0 Å². The van der Waals surface area contributed by atoms with Gasteiger partial charge in [-0.05, 0) is 37.3 Å². The number of benzene rings is 1. The van der Waals surface area contributed by atoms with Crippen LogP contribution in [0.25, 0.3) is 11.0 Å². The summed E-state index contributed by atoms with van der Waals surface area (Å²) in [5.41, 5.74) is 9.11. The van der Waals surface area contributed by atoms with Gasteiger partial charge in [-0.1, -0.05) is 18.6 Å². The van der Waals surface area contributed by atoms with E-state index in [0.717, 1.165) is 29.3 Å². The van der Waals surface area contributed by atoms with Crippen LogP contribution in [0.2, 0.25) is 0 Å². The highest BCUT2D eigenvalue weighted by molar-refractivity contribution is 5.79. The van der Waals surface area contributed by atoms with Crippen LogP contribution in [0.5, 0.6) is 0 Å². The molecule has 0 spiro atoms. The number of fused-ring (bicyclic) bond motifs is 1. The molecule has 106 valence electrons. The number of para-hydroxylation sites is 1. The zero-order chi connectivity index (χ0) is 13.9. The second-order valence-electron chi connectivity index (χ2n) is 5.53. The fourth-order valence-corrected chi connectivity index (χ4v) is 2.46. The van der Waals surface area contributed by atoms with Crippen LogP contribution < -0.4 is 11.1 Å². The van der Waals surface area contributed by atoms with Gasteiger partial charge in [0, 0.05) is 6.54 Å². The van der Waals surface area contributed by atoms with Gasteiger partial charge in [0.2, 0.25) is 0 Å². The number of hydrogen-bond donors (Lipinski definition) is 3. The molecule has 0 unspecified atom stereocenters. The molecule has 1 heterocycles. The molecule has 2 aromatic rings. The summed E-state index contributed by atoms with van der Waals surface area (Å²) in [6, 6.07) is 6.11. The summed E-state index contributed by atoms with van der Waals surface area (Å²) in [7, 11) is 0. The number of H-pyrrole nitrogens is 1. The Hall–Kier alpha value is -2.04. The second-order valence-corrected chi connectivity index (χ2v) is 5.53. The molecule has 4 N–H and O–H groups in total. The SMILES string of the molecule is Cc1cccc2[nH]c(CN=C(N)NCC3CCC3)nc12. The number of aryl methyl sites for hydroxylation is 1. The summed E-state index contributed by atoms with van der Waals surface area (Å²) in [5, 5.41) is 3.19. The number of rotatable bonds is 4. The van der Waals surface area contributed by atoms with Gasteiger partial charge in [0.25, 0.3) is 0 Å². The molecule has 1 aromatic carbocycles. The largest absolute Gasteiger partial charge is 0.370 e. The number of guanidine groups is 1. The first kappa shape index (κ1) is 13.0. The number of nitrogens with zero attached hydrogens (tertiary/aromatic N) is 2. The Kier molecular flexibility index (Phi) is 3.58. The summed E-state index contributed by atoms with van der Waals surface area (Å²) in [4.78, 5) is 12.2. The molecule has 0 aliphatic heterocycles. The third-order valence-corrected chi connectivity index (χ3v) is 3.96. The van der Waals surface area contributed by atoms with Crippen molar-refractivity contribution in [3.05, 3.63) is 29.6 Å². The number of imidazole rings is 1. The monoisotopic (exact) mass is 271 g/mol. The predicted molar refractivity (Wildman–Crippen MR) is 81.5 cm³/mol. The van der Waals surface area contributed by atoms with Crippen molar-refractivity contribution in [3.63, 3.8) is 0 Å². The molecule has 0 radical (unpaired) electrons. The number of hydrogen-bond acceptors (Lipinski definition) is 2. The van der Waals surface area contributed by atoms with Crippen molar-refractivity contribution in [3.8, 4) is 0 Å². The Morgan fingerprint density at radius 1 is 1.50 bits per heavy atom. The van der Waals surface area contributed by atoms with Gasteiger partial charge in [-0.2, -0.15) is 0 Å². The standard InChI is InChI=1S/C15H21N5/c1-10-4-2-7-12-14(10)20-13(19-12)9-18-15(16)17-8-11-5-3-6-11/h2,4,7,11H,3,5-6,8-9H2,1H3,(H,19,20)(H3,16,17,18). The van der Waals surface area contributed by atoms with E-state index in [1.165, 1.54) is 24.8 Å². The lowest BCUT2D eigenvalue weighted by Crippen LogP contribution is -2.37. The third-order valence-electron chi connectivity index (χ3n) is 3.96. The van der Waals surface area contributed by atoms with Gasteiger partial charge in [0.05, 0.1) is 11.0 Å². The van der Waals surface area contributed by atoms with E-state index in [4.69, 9.17) is 5.73 Å². The van der Waals surface area contributed by atoms with Crippen LogP contribution in [0, 0.1) is 12.8 Å². The van der Waals surface area contributed by atoms with E-state index < -0.39 is 0 Å². The van der Waals surface area contributed by atoms with E-state index >= 15 is 0 Å². The Balaban J connectivity index is 1.61. The average Bonchev–Trinajstić information content (AvgIpc) is 2.79. The zero-order valence-electron chi connectivity index (χ0n) is 11.8. The van der Waals surface area contributed by atoms with Crippen LogP contribution in [0.15, 0.2) is 23.2 Å². The maximum Gasteiger partial charge on any atom is 0.189 e. The Morgan fingerprint density at radius 3 is 3.05 bits per heavy atom. The maximum atomic E-state index is 5.87. The summed E-state index contributed by atoms with van der Waals surface area (Å²) < 4.78 is 0. The van der Waals surface area contributed by atoms with Crippen LogP contribution in [0.1, 0.15) is 30.7 Å². The molecular weight excluding hydrogens is 250 g/mol. The molecule has 1 aliphatic carbocycles. The first-order valence-electron chi connectivity index (χ1n) is 7.20. The Bertz CT molecular complexity index is 624.